The van der Waals surface area contributed by atoms with Crippen molar-refractivity contribution >= 4 is 21.7 Å². The quantitative estimate of drug-likeness (QED) is 0.825. The summed E-state index contributed by atoms with van der Waals surface area (Å²) in [5.74, 6) is 0.0941. The van der Waals surface area contributed by atoms with Gasteiger partial charge in [0.05, 0.1) is 11.5 Å². The SMILES string of the molecule is Cc1ccc(CNc2nc(C)cc(C(=O)NC3CCS(=O)(=O)C3)n2)cc1. The van der Waals surface area contributed by atoms with Crippen molar-refractivity contribution in [3.8, 4) is 0 Å². The number of aromatic nitrogens is 2. The van der Waals surface area contributed by atoms with Crippen LogP contribution < -0.4 is 10.6 Å². The molecule has 0 aliphatic carbocycles. The molecule has 1 atom stereocenters. The number of benzene rings is 1. The molecule has 0 saturated carbocycles. The van der Waals surface area contributed by atoms with E-state index in [-0.39, 0.29) is 29.1 Å². The fraction of sp³-hybridized carbons (Fsp3) is 0.389. The molecule has 138 valence electrons. The first-order valence-corrected chi connectivity index (χ1v) is 10.3. The summed E-state index contributed by atoms with van der Waals surface area (Å²) in [6.07, 6.45) is 0.441. The molecular formula is C18H22N4O3S. The summed E-state index contributed by atoms with van der Waals surface area (Å²) in [6, 6.07) is 9.34. The van der Waals surface area contributed by atoms with Crippen LogP contribution >= 0.6 is 0 Å². The number of anilines is 1. The third-order valence-electron chi connectivity index (χ3n) is 4.23. The second-order valence-electron chi connectivity index (χ2n) is 6.63. The Bertz CT molecular complexity index is 911. The minimum absolute atomic E-state index is 0.0126. The summed E-state index contributed by atoms with van der Waals surface area (Å²) < 4.78 is 23.0. The number of rotatable bonds is 5. The van der Waals surface area contributed by atoms with Crippen LogP contribution in [-0.4, -0.2) is 41.8 Å². The number of nitrogens with one attached hydrogen (secondary N) is 2. The molecule has 0 radical (unpaired) electrons. The maximum atomic E-state index is 12.4. The molecule has 1 aromatic carbocycles. The molecule has 8 heteroatoms. The number of carbonyl (C=O) groups excluding carboxylic acids is 1. The van der Waals surface area contributed by atoms with Crippen LogP contribution in [-0.2, 0) is 16.4 Å². The number of aryl methyl sites for hydroxylation is 2. The molecule has 26 heavy (non-hydrogen) atoms. The zero-order chi connectivity index (χ0) is 18.7. The van der Waals surface area contributed by atoms with E-state index < -0.39 is 9.84 Å². The van der Waals surface area contributed by atoms with Gasteiger partial charge in [-0.25, -0.2) is 18.4 Å². The molecule has 3 rings (SSSR count). The fourth-order valence-corrected chi connectivity index (χ4v) is 4.49. The Hall–Kier alpha value is -2.48. The second kappa shape index (κ2) is 7.41. The first kappa shape index (κ1) is 18.3. The first-order chi connectivity index (χ1) is 12.3. The standard InChI is InChI=1S/C18H22N4O3S/c1-12-3-5-14(6-4-12)10-19-18-20-13(2)9-16(22-18)17(23)21-15-7-8-26(24,25)11-15/h3-6,9,15H,7-8,10-11H2,1-2H3,(H,21,23)(H,19,20,22). The predicted molar refractivity (Wildman–Crippen MR) is 99.8 cm³/mol. The molecule has 0 bridgehead atoms. The van der Waals surface area contributed by atoms with Crippen LogP contribution in [0.4, 0.5) is 5.95 Å². The first-order valence-electron chi connectivity index (χ1n) is 8.47. The molecular weight excluding hydrogens is 352 g/mol. The van der Waals surface area contributed by atoms with Gasteiger partial charge in [-0.1, -0.05) is 29.8 Å². The van der Waals surface area contributed by atoms with Crippen molar-refractivity contribution in [2.75, 3.05) is 16.8 Å². The lowest BCUT2D eigenvalue weighted by atomic mass is 10.1. The minimum Gasteiger partial charge on any atom is -0.350 e. The van der Waals surface area contributed by atoms with Gasteiger partial charge in [-0.15, -0.1) is 0 Å². The van der Waals surface area contributed by atoms with Crippen LogP contribution in [0, 0.1) is 13.8 Å². The van der Waals surface area contributed by atoms with E-state index in [9.17, 15) is 13.2 Å². The average Bonchev–Trinajstić information content (AvgIpc) is 2.92. The molecule has 1 amide bonds. The van der Waals surface area contributed by atoms with Gasteiger partial charge < -0.3 is 10.6 Å². The third-order valence-corrected chi connectivity index (χ3v) is 5.99. The van der Waals surface area contributed by atoms with E-state index in [4.69, 9.17) is 0 Å². The van der Waals surface area contributed by atoms with E-state index in [0.717, 1.165) is 5.56 Å². The predicted octanol–water partition coefficient (Wildman–Crippen LogP) is 1.62. The number of hydrogen-bond acceptors (Lipinski definition) is 6. The number of nitrogens with zero attached hydrogens (tertiary/aromatic N) is 2. The average molecular weight is 374 g/mol. The van der Waals surface area contributed by atoms with Crippen molar-refractivity contribution in [2.45, 2.75) is 32.9 Å². The highest BCUT2D eigenvalue weighted by atomic mass is 32.2. The summed E-state index contributed by atoms with van der Waals surface area (Å²) in [4.78, 5) is 21.0. The number of carbonyl (C=O) groups is 1. The summed E-state index contributed by atoms with van der Waals surface area (Å²) in [6.45, 7) is 4.36. The van der Waals surface area contributed by atoms with Crippen molar-refractivity contribution in [1.29, 1.82) is 0 Å². The topological polar surface area (TPSA) is 101 Å². The van der Waals surface area contributed by atoms with Crippen molar-refractivity contribution < 1.29 is 13.2 Å². The Balaban J connectivity index is 1.66. The number of sulfone groups is 1. The van der Waals surface area contributed by atoms with Crippen LogP contribution in [0.5, 0.6) is 0 Å². The lowest BCUT2D eigenvalue weighted by Gasteiger charge is -2.12. The summed E-state index contributed by atoms with van der Waals surface area (Å²) >= 11 is 0. The molecule has 1 saturated heterocycles. The van der Waals surface area contributed by atoms with E-state index >= 15 is 0 Å². The molecule has 1 unspecified atom stereocenters. The normalized spacial score (nSPS) is 18.5. The molecule has 7 nitrogen and oxygen atoms in total. The number of hydrogen-bond donors (Lipinski definition) is 2. The van der Waals surface area contributed by atoms with E-state index in [2.05, 4.69) is 20.6 Å². The van der Waals surface area contributed by atoms with Crippen molar-refractivity contribution in [2.24, 2.45) is 0 Å². The molecule has 1 aliphatic rings. The number of amides is 1. The Kier molecular flexibility index (Phi) is 5.22. The Morgan fingerprint density at radius 2 is 1.92 bits per heavy atom. The van der Waals surface area contributed by atoms with Crippen LogP contribution in [0.3, 0.4) is 0 Å². The van der Waals surface area contributed by atoms with Crippen LogP contribution in [0.1, 0.15) is 33.7 Å². The van der Waals surface area contributed by atoms with Gasteiger partial charge in [0.15, 0.2) is 9.84 Å². The molecule has 1 aromatic heterocycles. The van der Waals surface area contributed by atoms with Gasteiger partial charge in [0.2, 0.25) is 5.95 Å². The van der Waals surface area contributed by atoms with Gasteiger partial charge in [0.25, 0.3) is 5.91 Å². The second-order valence-corrected chi connectivity index (χ2v) is 8.86. The Morgan fingerprint density at radius 3 is 2.58 bits per heavy atom. The van der Waals surface area contributed by atoms with Crippen LogP contribution in [0.15, 0.2) is 30.3 Å². The highest BCUT2D eigenvalue weighted by molar-refractivity contribution is 7.91. The van der Waals surface area contributed by atoms with Gasteiger partial charge in [0, 0.05) is 18.3 Å². The summed E-state index contributed by atoms with van der Waals surface area (Å²) in [7, 11) is -3.04. The van der Waals surface area contributed by atoms with Crippen LogP contribution in [0.25, 0.3) is 0 Å². The van der Waals surface area contributed by atoms with E-state index in [1.54, 1.807) is 13.0 Å². The maximum absolute atomic E-state index is 12.4. The molecule has 2 N–H and O–H groups in total. The lowest BCUT2D eigenvalue weighted by molar-refractivity contribution is 0.0936. The van der Waals surface area contributed by atoms with Gasteiger partial charge in [-0.05, 0) is 31.9 Å². The zero-order valence-electron chi connectivity index (χ0n) is 14.8. The third kappa shape index (κ3) is 4.78. The molecule has 1 fully saturated rings. The van der Waals surface area contributed by atoms with Gasteiger partial charge in [-0.3, -0.25) is 4.79 Å². The highest BCUT2D eigenvalue weighted by Crippen LogP contribution is 2.13. The Labute approximate surface area is 153 Å². The Morgan fingerprint density at radius 1 is 1.19 bits per heavy atom. The molecule has 2 aromatic rings. The largest absolute Gasteiger partial charge is 0.350 e. The van der Waals surface area contributed by atoms with E-state index in [1.807, 2.05) is 31.2 Å². The van der Waals surface area contributed by atoms with Gasteiger partial charge in [0.1, 0.15) is 5.69 Å². The van der Waals surface area contributed by atoms with Crippen molar-refractivity contribution in [3.05, 3.63) is 52.8 Å². The molecule has 2 heterocycles. The van der Waals surface area contributed by atoms with Gasteiger partial charge >= 0.3 is 0 Å². The maximum Gasteiger partial charge on any atom is 0.270 e. The van der Waals surface area contributed by atoms with Crippen molar-refractivity contribution in [1.82, 2.24) is 15.3 Å². The smallest absolute Gasteiger partial charge is 0.270 e. The fourth-order valence-electron chi connectivity index (χ4n) is 2.82. The minimum atomic E-state index is -3.04. The monoisotopic (exact) mass is 374 g/mol. The summed E-state index contributed by atoms with van der Waals surface area (Å²) in [5.41, 5.74) is 3.17. The molecule has 0 spiro atoms. The lowest BCUT2D eigenvalue weighted by Crippen LogP contribution is -2.36. The van der Waals surface area contributed by atoms with Crippen molar-refractivity contribution in [3.63, 3.8) is 0 Å². The van der Waals surface area contributed by atoms with E-state index in [1.165, 1.54) is 5.56 Å². The zero-order valence-corrected chi connectivity index (χ0v) is 15.6. The van der Waals surface area contributed by atoms with Gasteiger partial charge in [-0.2, -0.15) is 0 Å². The highest BCUT2D eigenvalue weighted by Gasteiger charge is 2.29. The van der Waals surface area contributed by atoms with E-state index in [0.29, 0.717) is 24.6 Å². The summed E-state index contributed by atoms with van der Waals surface area (Å²) in [5, 5.41) is 5.87. The van der Waals surface area contributed by atoms with Crippen LogP contribution in [0.2, 0.25) is 0 Å². The molecule has 1 aliphatic heterocycles.